The number of ether oxygens (including phenoxy) is 8. The van der Waals surface area contributed by atoms with Gasteiger partial charge in [0, 0.05) is 12.1 Å². The highest BCUT2D eigenvalue weighted by molar-refractivity contribution is 6.02. The van der Waals surface area contributed by atoms with E-state index in [1.807, 2.05) is 0 Å². The van der Waals surface area contributed by atoms with E-state index in [0.29, 0.717) is 5.56 Å². The summed E-state index contributed by atoms with van der Waals surface area (Å²) >= 11 is 0. The van der Waals surface area contributed by atoms with Crippen molar-refractivity contribution in [1.29, 1.82) is 0 Å². The zero-order valence-corrected chi connectivity index (χ0v) is 27.0. The number of phenolic OH excluding ortho intramolecular Hbond substituents is 2. The molecule has 2 unspecified atom stereocenters. The van der Waals surface area contributed by atoms with Crippen molar-refractivity contribution in [3.05, 3.63) is 41.5 Å². The van der Waals surface area contributed by atoms with E-state index in [2.05, 4.69) is 0 Å². The number of fused-ring (bicyclic) bond motifs is 1. The second kappa shape index (κ2) is 14.5. The van der Waals surface area contributed by atoms with Crippen molar-refractivity contribution in [1.82, 2.24) is 0 Å². The van der Waals surface area contributed by atoms with Crippen LogP contribution in [0.15, 0.2) is 30.3 Å². The van der Waals surface area contributed by atoms with Gasteiger partial charge in [-0.15, -0.1) is 0 Å². The first-order valence-corrected chi connectivity index (χ1v) is 15.9. The largest absolute Gasteiger partial charge is 0.507 e. The molecule has 6 rings (SSSR count). The van der Waals surface area contributed by atoms with Crippen LogP contribution in [0, 0.1) is 0 Å². The first kappa shape index (κ1) is 37.4. The summed E-state index contributed by atoms with van der Waals surface area (Å²) in [5.74, 6) is -1.21. The van der Waals surface area contributed by atoms with Gasteiger partial charge >= 0.3 is 0 Å². The van der Waals surface area contributed by atoms with Crippen LogP contribution in [0.5, 0.6) is 28.7 Å². The van der Waals surface area contributed by atoms with Crippen LogP contribution in [0.2, 0.25) is 0 Å². The molecular formula is C32H40O19. The van der Waals surface area contributed by atoms with E-state index in [1.54, 1.807) is 0 Å². The first-order valence-electron chi connectivity index (χ1n) is 15.9. The van der Waals surface area contributed by atoms with Crippen molar-refractivity contribution in [2.75, 3.05) is 40.1 Å². The molecule has 2 aromatic rings. The van der Waals surface area contributed by atoms with Crippen LogP contribution in [0.4, 0.5) is 0 Å². The molecule has 2 aromatic carbocycles. The minimum Gasteiger partial charge on any atom is -0.507 e. The van der Waals surface area contributed by atoms with Gasteiger partial charge in [-0.05, 0) is 17.7 Å². The van der Waals surface area contributed by atoms with Crippen LogP contribution in [-0.4, -0.2) is 164 Å². The summed E-state index contributed by atoms with van der Waals surface area (Å²) in [5, 5.41) is 104. The number of methoxy groups -OCH3 is 1. The number of carbonyl (C=O) groups excluding carboxylic acids is 1. The van der Waals surface area contributed by atoms with Gasteiger partial charge in [0.05, 0.1) is 46.6 Å². The standard InChI is InChI=1S/C32H40O19/c1-44-19-4-13(2-3-15(19)35)18-7-17(37)22-16(36)5-14(6-20(22)49-18)48-28-25(24(39)23(38)21(8-33)50-28)51-30-27(41)32(43,12-47-30)11-46-29-26(40)31(42,9-34)10-45-29/h2-6,18,21,23-30,33-36,38-43H,7-12H2,1H3/t18?,21-,23-,24+,25-,26+,27+,28-,29+,30+,31-,32?/m1/s1. The summed E-state index contributed by atoms with van der Waals surface area (Å²) in [6.07, 6.45) is -16.0. The highest BCUT2D eigenvalue weighted by atomic mass is 16.8. The Kier molecular flexibility index (Phi) is 10.7. The predicted molar refractivity (Wildman–Crippen MR) is 163 cm³/mol. The van der Waals surface area contributed by atoms with Crippen molar-refractivity contribution in [2.45, 2.75) is 79.2 Å². The van der Waals surface area contributed by atoms with Gasteiger partial charge in [0.2, 0.25) is 6.29 Å². The van der Waals surface area contributed by atoms with E-state index in [4.69, 9.17) is 37.9 Å². The van der Waals surface area contributed by atoms with Crippen molar-refractivity contribution in [2.24, 2.45) is 0 Å². The second-order valence-corrected chi connectivity index (χ2v) is 12.8. The number of aliphatic hydroxyl groups is 8. The summed E-state index contributed by atoms with van der Waals surface area (Å²) in [6.45, 7) is -3.36. The molecule has 4 aliphatic rings. The van der Waals surface area contributed by atoms with Gasteiger partial charge in [0.1, 0.15) is 70.6 Å². The Morgan fingerprint density at radius 3 is 2.27 bits per heavy atom. The van der Waals surface area contributed by atoms with E-state index in [1.165, 1.54) is 31.4 Å². The molecule has 282 valence electrons. The number of carbonyl (C=O) groups is 1. The molecule has 0 bridgehead atoms. The summed E-state index contributed by atoms with van der Waals surface area (Å²) < 4.78 is 44.5. The van der Waals surface area contributed by atoms with Crippen LogP contribution in [0.25, 0.3) is 0 Å². The van der Waals surface area contributed by atoms with Gasteiger partial charge in [0.15, 0.2) is 36.0 Å². The second-order valence-electron chi connectivity index (χ2n) is 12.8. The maximum Gasteiger partial charge on any atom is 0.229 e. The molecule has 51 heavy (non-hydrogen) atoms. The summed E-state index contributed by atoms with van der Waals surface area (Å²) in [6, 6.07) is 6.74. The van der Waals surface area contributed by atoms with E-state index in [9.17, 15) is 55.9 Å². The van der Waals surface area contributed by atoms with Crippen LogP contribution < -0.4 is 14.2 Å². The number of rotatable bonds is 11. The zero-order valence-electron chi connectivity index (χ0n) is 27.0. The molecule has 3 fully saturated rings. The number of aromatic hydroxyl groups is 2. The number of hydrogen-bond donors (Lipinski definition) is 10. The molecule has 0 aliphatic carbocycles. The lowest BCUT2D eigenvalue weighted by Gasteiger charge is -2.42. The third kappa shape index (κ3) is 7.05. The number of ketones is 1. The molecule has 10 N–H and O–H groups in total. The number of benzene rings is 2. The third-order valence-corrected chi connectivity index (χ3v) is 9.30. The SMILES string of the molecule is COc1cc(C2CC(=O)c3c(O)cc(O[C@@H]4O[C@H](CO)[C@@H](O)[C@H](O)[C@H]4O[C@@H]4OCC(O)(CO[C@@H]5OC[C@](O)(CO)[C@H]5O)[C@H]4O)cc3O2)ccc1O. The van der Waals surface area contributed by atoms with Gasteiger partial charge in [-0.25, -0.2) is 0 Å². The number of aliphatic hydroxyl groups excluding tert-OH is 6. The van der Waals surface area contributed by atoms with Crippen LogP contribution >= 0.6 is 0 Å². The molecule has 19 nitrogen and oxygen atoms in total. The van der Waals surface area contributed by atoms with Crippen LogP contribution in [0.3, 0.4) is 0 Å². The van der Waals surface area contributed by atoms with E-state index < -0.39 is 117 Å². The normalized spacial score (nSPS) is 37.9. The van der Waals surface area contributed by atoms with Gasteiger partial charge in [0.25, 0.3) is 0 Å². The molecule has 4 aliphatic heterocycles. The van der Waals surface area contributed by atoms with Crippen molar-refractivity contribution < 1.29 is 93.8 Å². The summed E-state index contributed by atoms with van der Waals surface area (Å²) in [7, 11) is 1.36. The van der Waals surface area contributed by atoms with E-state index in [0.717, 1.165) is 6.07 Å². The average molecular weight is 729 g/mol. The monoisotopic (exact) mass is 728 g/mol. The van der Waals surface area contributed by atoms with Crippen LogP contribution in [0.1, 0.15) is 28.4 Å². The van der Waals surface area contributed by atoms with E-state index >= 15 is 0 Å². The molecule has 12 atom stereocenters. The molecule has 0 radical (unpaired) electrons. The maximum absolute atomic E-state index is 13.1. The lowest BCUT2D eigenvalue weighted by molar-refractivity contribution is -0.319. The van der Waals surface area contributed by atoms with Crippen molar-refractivity contribution in [3.63, 3.8) is 0 Å². The first-order chi connectivity index (χ1) is 24.2. The summed E-state index contributed by atoms with van der Waals surface area (Å²) in [4.78, 5) is 13.1. The third-order valence-electron chi connectivity index (χ3n) is 9.30. The van der Waals surface area contributed by atoms with Crippen molar-refractivity contribution in [3.8, 4) is 28.7 Å². The maximum atomic E-state index is 13.1. The fourth-order valence-corrected chi connectivity index (χ4v) is 6.21. The smallest absolute Gasteiger partial charge is 0.229 e. The molecular weight excluding hydrogens is 688 g/mol. The Hall–Kier alpha value is -3.41. The van der Waals surface area contributed by atoms with Gasteiger partial charge in [-0.1, -0.05) is 6.07 Å². The Balaban J connectivity index is 1.18. The van der Waals surface area contributed by atoms with Gasteiger partial charge in [-0.3, -0.25) is 4.79 Å². The molecule has 0 saturated carbocycles. The Morgan fingerprint density at radius 1 is 0.882 bits per heavy atom. The van der Waals surface area contributed by atoms with Crippen molar-refractivity contribution >= 4 is 5.78 Å². The number of Topliss-reactive ketones (excluding diaryl/α,β-unsaturated/α-hetero) is 1. The lowest BCUT2D eigenvalue weighted by Crippen LogP contribution is -2.62. The zero-order chi connectivity index (χ0) is 36.8. The Labute approximate surface area is 289 Å². The molecule has 0 aromatic heterocycles. The Morgan fingerprint density at radius 2 is 1.59 bits per heavy atom. The Bertz CT molecular complexity index is 1570. The van der Waals surface area contributed by atoms with Gasteiger partial charge in [-0.2, -0.15) is 0 Å². The lowest BCUT2D eigenvalue weighted by atomic mass is 9.95. The average Bonchev–Trinajstić information content (AvgIpc) is 3.56. The fraction of sp³-hybridized carbons (Fsp3) is 0.594. The summed E-state index contributed by atoms with van der Waals surface area (Å²) in [5.41, 5.74) is -3.82. The highest BCUT2D eigenvalue weighted by Crippen LogP contribution is 2.44. The number of hydrogen-bond acceptors (Lipinski definition) is 19. The number of phenols is 2. The van der Waals surface area contributed by atoms with Gasteiger partial charge < -0.3 is 89.0 Å². The fourth-order valence-electron chi connectivity index (χ4n) is 6.21. The molecule has 3 saturated heterocycles. The predicted octanol–water partition coefficient (Wildman–Crippen LogP) is -3.08. The molecule has 0 amide bonds. The minimum absolute atomic E-state index is 0.0840. The molecule has 19 heteroatoms. The molecule has 0 spiro atoms. The van der Waals surface area contributed by atoms with Crippen LogP contribution in [-0.2, 0) is 23.7 Å². The minimum atomic E-state index is -2.18. The topological polar surface area (TPSA) is 293 Å². The van der Waals surface area contributed by atoms with E-state index in [-0.39, 0.29) is 35.0 Å². The highest BCUT2D eigenvalue weighted by Gasteiger charge is 2.55. The quantitative estimate of drug-likeness (QED) is 0.110. The molecule has 4 heterocycles.